The maximum atomic E-state index is 12.5. The number of nitrogens with one attached hydrogen (secondary N) is 1. The van der Waals surface area contributed by atoms with Gasteiger partial charge >= 0.3 is 0 Å². The molecule has 1 amide bonds. The zero-order valence-electron chi connectivity index (χ0n) is 13.9. The molecule has 0 radical (unpaired) electrons. The van der Waals surface area contributed by atoms with E-state index in [1.165, 1.54) is 23.1 Å². The third-order valence-electron chi connectivity index (χ3n) is 3.88. The molecule has 0 atom stereocenters. The van der Waals surface area contributed by atoms with Crippen LogP contribution in [0.3, 0.4) is 0 Å². The van der Waals surface area contributed by atoms with Crippen molar-refractivity contribution in [2.75, 3.05) is 0 Å². The predicted octanol–water partition coefficient (Wildman–Crippen LogP) is 6.88. The van der Waals surface area contributed by atoms with Crippen LogP contribution in [0.2, 0.25) is 10.0 Å². The molecule has 2 heterocycles. The van der Waals surface area contributed by atoms with Crippen molar-refractivity contribution in [3.63, 3.8) is 0 Å². The van der Waals surface area contributed by atoms with Gasteiger partial charge in [-0.05, 0) is 42.5 Å². The molecule has 0 bridgehead atoms. The van der Waals surface area contributed by atoms with Gasteiger partial charge < -0.3 is 9.73 Å². The standard InChI is InChI=1S/C20H13Cl2NO2S2/c21-14-5-1-6-15(22)19(14)27-17-8-2-7-16-13(17)10-18(26-16)20(24)23-11-12-4-3-9-25-12/h1-10H,11H2,(H,23,24). The molecule has 2 aromatic carbocycles. The molecule has 136 valence electrons. The normalized spacial score (nSPS) is 11.0. The average molecular weight is 434 g/mol. The van der Waals surface area contributed by atoms with Gasteiger partial charge in [-0.25, -0.2) is 0 Å². The number of benzene rings is 2. The number of rotatable bonds is 5. The highest BCUT2D eigenvalue weighted by Crippen LogP contribution is 2.42. The van der Waals surface area contributed by atoms with Gasteiger partial charge in [-0.2, -0.15) is 0 Å². The minimum atomic E-state index is -0.126. The van der Waals surface area contributed by atoms with Crippen LogP contribution in [0.25, 0.3) is 10.1 Å². The lowest BCUT2D eigenvalue weighted by Gasteiger charge is -2.07. The van der Waals surface area contributed by atoms with Crippen LogP contribution in [-0.2, 0) is 6.54 Å². The lowest BCUT2D eigenvalue weighted by atomic mass is 10.2. The number of furan rings is 1. The van der Waals surface area contributed by atoms with Crippen LogP contribution in [0.1, 0.15) is 15.4 Å². The molecule has 0 saturated carbocycles. The van der Waals surface area contributed by atoms with Crippen LogP contribution >= 0.6 is 46.3 Å². The highest BCUT2D eigenvalue weighted by atomic mass is 35.5. The smallest absolute Gasteiger partial charge is 0.261 e. The van der Waals surface area contributed by atoms with Gasteiger partial charge in [-0.1, -0.05) is 47.1 Å². The molecule has 0 unspecified atom stereocenters. The van der Waals surface area contributed by atoms with Gasteiger partial charge in [0.25, 0.3) is 5.91 Å². The third-order valence-corrected chi connectivity index (χ3v) is 7.05. The maximum Gasteiger partial charge on any atom is 0.261 e. The zero-order valence-corrected chi connectivity index (χ0v) is 17.0. The fourth-order valence-corrected chi connectivity index (χ4v) is 5.27. The summed E-state index contributed by atoms with van der Waals surface area (Å²) < 4.78 is 6.28. The number of thiophene rings is 1. The molecule has 3 nitrogen and oxygen atoms in total. The number of carbonyl (C=O) groups is 1. The van der Waals surface area contributed by atoms with E-state index in [1.807, 2.05) is 48.5 Å². The van der Waals surface area contributed by atoms with Crippen molar-refractivity contribution in [3.05, 3.63) is 81.5 Å². The molecule has 0 aliphatic heterocycles. The quantitative estimate of drug-likeness (QED) is 0.372. The molecule has 27 heavy (non-hydrogen) atoms. The highest BCUT2D eigenvalue weighted by molar-refractivity contribution is 7.99. The van der Waals surface area contributed by atoms with Crippen LogP contribution in [0.5, 0.6) is 0 Å². The van der Waals surface area contributed by atoms with E-state index in [4.69, 9.17) is 27.6 Å². The molecule has 0 saturated heterocycles. The summed E-state index contributed by atoms with van der Waals surface area (Å²) in [6.45, 7) is 0.358. The number of halogens is 2. The molecule has 0 fully saturated rings. The second kappa shape index (κ2) is 7.98. The molecule has 2 aromatic heterocycles. The van der Waals surface area contributed by atoms with Gasteiger partial charge in [0.2, 0.25) is 0 Å². The minimum absolute atomic E-state index is 0.126. The summed E-state index contributed by atoms with van der Waals surface area (Å²) in [7, 11) is 0. The number of carbonyl (C=O) groups excluding carboxylic acids is 1. The van der Waals surface area contributed by atoms with Crippen molar-refractivity contribution >= 4 is 62.3 Å². The number of fused-ring (bicyclic) bond motifs is 1. The Kier molecular flexibility index (Phi) is 5.45. The van der Waals surface area contributed by atoms with E-state index in [2.05, 4.69) is 5.32 Å². The minimum Gasteiger partial charge on any atom is -0.467 e. The number of hydrogen-bond acceptors (Lipinski definition) is 4. The Morgan fingerprint density at radius 3 is 2.59 bits per heavy atom. The van der Waals surface area contributed by atoms with E-state index < -0.39 is 0 Å². The molecule has 4 aromatic rings. The van der Waals surface area contributed by atoms with E-state index in [0.29, 0.717) is 27.2 Å². The summed E-state index contributed by atoms with van der Waals surface area (Å²) in [4.78, 5) is 15.0. The average Bonchev–Trinajstić information content (AvgIpc) is 3.32. The second-order valence-electron chi connectivity index (χ2n) is 5.69. The third kappa shape index (κ3) is 4.01. The molecule has 1 N–H and O–H groups in total. The Morgan fingerprint density at radius 2 is 1.85 bits per heavy atom. The number of hydrogen-bond donors (Lipinski definition) is 1. The lowest BCUT2D eigenvalue weighted by molar-refractivity contribution is 0.0952. The van der Waals surface area contributed by atoms with Crippen molar-refractivity contribution in [3.8, 4) is 0 Å². The van der Waals surface area contributed by atoms with E-state index in [1.54, 1.807) is 12.3 Å². The summed E-state index contributed by atoms with van der Waals surface area (Å²) in [6, 6.07) is 17.0. The van der Waals surface area contributed by atoms with E-state index in [9.17, 15) is 4.79 Å². The summed E-state index contributed by atoms with van der Waals surface area (Å²) in [5, 5.41) is 5.10. The zero-order chi connectivity index (χ0) is 18.8. The largest absolute Gasteiger partial charge is 0.467 e. The summed E-state index contributed by atoms with van der Waals surface area (Å²) >= 11 is 15.6. The monoisotopic (exact) mass is 433 g/mol. The molecule has 0 aliphatic carbocycles. The van der Waals surface area contributed by atoms with Crippen LogP contribution in [0.15, 0.2) is 75.1 Å². The molecule has 0 spiro atoms. The fourth-order valence-electron chi connectivity index (χ4n) is 2.59. The van der Waals surface area contributed by atoms with Crippen molar-refractivity contribution < 1.29 is 9.21 Å². The van der Waals surface area contributed by atoms with Crippen molar-refractivity contribution in [1.29, 1.82) is 0 Å². The van der Waals surface area contributed by atoms with Gasteiger partial charge in [0.1, 0.15) is 5.76 Å². The fraction of sp³-hybridized carbons (Fsp3) is 0.0500. The van der Waals surface area contributed by atoms with Gasteiger partial charge in [0.15, 0.2) is 0 Å². The summed E-state index contributed by atoms with van der Waals surface area (Å²) in [6.07, 6.45) is 1.59. The maximum absolute atomic E-state index is 12.5. The Hall–Kier alpha value is -1.92. The second-order valence-corrected chi connectivity index (χ2v) is 8.64. The number of amides is 1. The van der Waals surface area contributed by atoms with Gasteiger partial charge in [-0.15, -0.1) is 11.3 Å². The van der Waals surface area contributed by atoms with Gasteiger partial charge in [0, 0.05) is 19.9 Å². The lowest BCUT2D eigenvalue weighted by Crippen LogP contribution is -2.21. The predicted molar refractivity (Wildman–Crippen MR) is 112 cm³/mol. The van der Waals surface area contributed by atoms with Gasteiger partial charge in [-0.3, -0.25) is 4.79 Å². The molecular formula is C20H13Cl2NO2S2. The van der Waals surface area contributed by atoms with Gasteiger partial charge in [0.05, 0.1) is 27.7 Å². The van der Waals surface area contributed by atoms with Crippen molar-refractivity contribution in [1.82, 2.24) is 5.32 Å². The van der Waals surface area contributed by atoms with Crippen LogP contribution in [0, 0.1) is 0 Å². The van der Waals surface area contributed by atoms with Crippen LogP contribution < -0.4 is 5.32 Å². The Balaban J connectivity index is 1.61. The highest BCUT2D eigenvalue weighted by Gasteiger charge is 2.15. The van der Waals surface area contributed by atoms with Crippen LogP contribution in [-0.4, -0.2) is 5.91 Å². The van der Waals surface area contributed by atoms with Crippen molar-refractivity contribution in [2.24, 2.45) is 0 Å². The first-order valence-electron chi connectivity index (χ1n) is 8.07. The summed E-state index contributed by atoms with van der Waals surface area (Å²) in [5.41, 5.74) is 0. The summed E-state index contributed by atoms with van der Waals surface area (Å²) in [5.74, 6) is 0.591. The Bertz CT molecular complexity index is 1090. The molecular weight excluding hydrogens is 421 g/mol. The SMILES string of the molecule is O=C(NCc1ccco1)c1cc2c(Sc3c(Cl)cccc3Cl)cccc2s1. The Labute approximate surface area is 174 Å². The van der Waals surface area contributed by atoms with E-state index >= 15 is 0 Å². The van der Waals surface area contributed by atoms with Crippen LogP contribution in [0.4, 0.5) is 0 Å². The first-order chi connectivity index (χ1) is 13.1. The van der Waals surface area contributed by atoms with Crippen molar-refractivity contribution in [2.45, 2.75) is 16.3 Å². The Morgan fingerprint density at radius 1 is 1.07 bits per heavy atom. The molecule has 4 rings (SSSR count). The first kappa shape index (κ1) is 18.4. The molecule has 7 heteroatoms. The topological polar surface area (TPSA) is 42.2 Å². The first-order valence-corrected chi connectivity index (χ1v) is 10.5. The van der Waals surface area contributed by atoms with E-state index in [0.717, 1.165) is 19.9 Å². The van der Waals surface area contributed by atoms with E-state index in [-0.39, 0.29) is 5.91 Å². The molecule has 0 aliphatic rings.